The monoisotopic (exact) mass is 324 g/mol. The van der Waals surface area contributed by atoms with Crippen LogP contribution in [0.3, 0.4) is 0 Å². The van der Waals surface area contributed by atoms with Gasteiger partial charge in [0.05, 0.1) is 10.6 Å². The van der Waals surface area contributed by atoms with E-state index in [1.54, 1.807) is 12.3 Å². The number of pyridine rings is 1. The fraction of sp³-hybridized carbons (Fsp3) is 0.357. The van der Waals surface area contributed by atoms with Crippen LogP contribution in [0.15, 0.2) is 24.5 Å². The van der Waals surface area contributed by atoms with Gasteiger partial charge in [0, 0.05) is 37.1 Å². The molecule has 0 saturated carbocycles. The van der Waals surface area contributed by atoms with Crippen molar-refractivity contribution >= 4 is 29.1 Å². The predicted octanol–water partition coefficient (Wildman–Crippen LogP) is 3.13. The van der Waals surface area contributed by atoms with E-state index in [9.17, 15) is 4.79 Å². The Hall–Kier alpha value is -1.59. The summed E-state index contributed by atoms with van der Waals surface area (Å²) in [6.45, 7) is 1.41. The Morgan fingerprint density at radius 1 is 1.43 bits per heavy atom. The van der Waals surface area contributed by atoms with E-state index >= 15 is 0 Å². The Labute approximate surface area is 132 Å². The highest BCUT2D eigenvalue weighted by Gasteiger charge is 2.26. The minimum atomic E-state index is -0.0646. The third-order valence-corrected chi connectivity index (χ3v) is 4.40. The number of halogens is 2. The van der Waals surface area contributed by atoms with E-state index < -0.39 is 0 Å². The molecule has 110 valence electrons. The van der Waals surface area contributed by atoms with Crippen molar-refractivity contribution in [1.82, 2.24) is 20.1 Å². The Morgan fingerprint density at radius 3 is 3.00 bits per heavy atom. The Kier molecular flexibility index (Phi) is 4.12. The maximum atomic E-state index is 12.5. The zero-order chi connectivity index (χ0) is 14.8. The zero-order valence-electron chi connectivity index (χ0n) is 11.2. The Morgan fingerprint density at radius 2 is 2.29 bits per heavy atom. The first-order chi connectivity index (χ1) is 10.1. The summed E-state index contributed by atoms with van der Waals surface area (Å²) in [6, 6.07) is 3.53. The number of amides is 1. The van der Waals surface area contributed by atoms with Crippen LogP contribution in [0.2, 0.25) is 10.2 Å². The Bertz CT molecular complexity index is 644. The lowest BCUT2D eigenvalue weighted by atomic mass is 9.94. The van der Waals surface area contributed by atoms with Crippen molar-refractivity contribution in [2.75, 3.05) is 13.1 Å². The second kappa shape index (κ2) is 6.03. The highest BCUT2D eigenvalue weighted by molar-refractivity contribution is 6.41. The summed E-state index contributed by atoms with van der Waals surface area (Å²) in [5, 5.41) is 7.47. The van der Waals surface area contributed by atoms with E-state index in [0.29, 0.717) is 23.0 Å². The van der Waals surface area contributed by atoms with Crippen LogP contribution in [-0.2, 0) is 0 Å². The van der Waals surface area contributed by atoms with Crippen molar-refractivity contribution < 1.29 is 4.79 Å². The molecule has 3 heterocycles. The molecule has 3 rings (SSSR count). The lowest BCUT2D eigenvalue weighted by molar-refractivity contribution is 0.0705. The second-order valence-corrected chi connectivity index (χ2v) is 5.86. The van der Waals surface area contributed by atoms with Crippen LogP contribution in [0.25, 0.3) is 0 Å². The molecule has 1 aliphatic heterocycles. The molecule has 0 aliphatic carbocycles. The van der Waals surface area contributed by atoms with Gasteiger partial charge in [-0.15, -0.1) is 0 Å². The number of hydrogen-bond acceptors (Lipinski definition) is 3. The van der Waals surface area contributed by atoms with Gasteiger partial charge in [0.2, 0.25) is 0 Å². The largest absolute Gasteiger partial charge is 0.338 e. The minimum Gasteiger partial charge on any atom is -0.338 e. The number of nitrogens with zero attached hydrogens (tertiary/aromatic N) is 3. The Balaban J connectivity index is 1.76. The van der Waals surface area contributed by atoms with Gasteiger partial charge in [-0.3, -0.25) is 9.89 Å². The molecule has 2 aromatic heterocycles. The van der Waals surface area contributed by atoms with Gasteiger partial charge in [0.25, 0.3) is 5.91 Å². The van der Waals surface area contributed by atoms with Crippen LogP contribution >= 0.6 is 23.2 Å². The van der Waals surface area contributed by atoms with E-state index in [4.69, 9.17) is 23.2 Å². The summed E-state index contributed by atoms with van der Waals surface area (Å²) in [6.07, 6.45) is 5.21. The van der Waals surface area contributed by atoms with Gasteiger partial charge in [0.15, 0.2) is 0 Å². The van der Waals surface area contributed by atoms with Crippen molar-refractivity contribution in [2.24, 2.45) is 0 Å². The van der Waals surface area contributed by atoms with Crippen LogP contribution in [0.5, 0.6) is 0 Å². The topological polar surface area (TPSA) is 61.9 Å². The molecular weight excluding hydrogens is 311 g/mol. The molecule has 1 fully saturated rings. The normalized spacial score (nSPS) is 18.8. The van der Waals surface area contributed by atoms with Crippen LogP contribution in [-0.4, -0.2) is 39.1 Å². The summed E-state index contributed by atoms with van der Waals surface area (Å²) >= 11 is 11.7. The van der Waals surface area contributed by atoms with E-state index in [1.807, 2.05) is 11.0 Å². The van der Waals surface area contributed by atoms with Gasteiger partial charge >= 0.3 is 0 Å². The average Bonchev–Trinajstić information content (AvgIpc) is 3.04. The van der Waals surface area contributed by atoms with Crippen molar-refractivity contribution in [3.8, 4) is 0 Å². The predicted molar refractivity (Wildman–Crippen MR) is 80.7 cm³/mol. The molecular formula is C14H14Cl2N4O. The van der Waals surface area contributed by atoms with Crippen LogP contribution < -0.4 is 0 Å². The van der Waals surface area contributed by atoms with Gasteiger partial charge in [-0.1, -0.05) is 23.2 Å². The highest BCUT2D eigenvalue weighted by atomic mass is 35.5. The first-order valence-electron chi connectivity index (χ1n) is 6.74. The highest BCUT2D eigenvalue weighted by Crippen LogP contribution is 2.27. The number of rotatable bonds is 2. The molecule has 1 atom stereocenters. The molecule has 0 spiro atoms. The fourth-order valence-corrected chi connectivity index (χ4v) is 2.90. The number of nitrogens with one attached hydrogen (secondary N) is 1. The SMILES string of the molecule is O=C(c1cnc(Cl)c(Cl)c1)N1CCCC(c2ccn[nH]2)C1. The molecule has 0 bridgehead atoms. The molecule has 1 saturated heterocycles. The van der Waals surface area contributed by atoms with Crippen LogP contribution in [0.1, 0.15) is 34.8 Å². The summed E-state index contributed by atoms with van der Waals surface area (Å²) in [5.41, 5.74) is 1.54. The number of likely N-dealkylation sites (tertiary alicyclic amines) is 1. The van der Waals surface area contributed by atoms with Crippen molar-refractivity contribution in [2.45, 2.75) is 18.8 Å². The standard InChI is InChI=1S/C14H14Cl2N4O/c15-11-6-10(7-17-13(11)16)14(21)20-5-1-2-9(8-20)12-3-4-18-19-12/h3-4,6-7,9H,1-2,5,8H2,(H,18,19). The molecule has 21 heavy (non-hydrogen) atoms. The molecule has 1 unspecified atom stereocenters. The van der Waals surface area contributed by atoms with Gasteiger partial charge in [-0.2, -0.15) is 5.10 Å². The lowest BCUT2D eigenvalue weighted by Crippen LogP contribution is -2.39. The maximum absolute atomic E-state index is 12.5. The smallest absolute Gasteiger partial charge is 0.255 e. The van der Waals surface area contributed by atoms with Gasteiger partial charge in [-0.25, -0.2) is 4.98 Å². The number of H-pyrrole nitrogens is 1. The number of aromatic amines is 1. The van der Waals surface area contributed by atoms with Gasteiger partial charge in [0.1, 0.15) is 5.15 Å². The number of piperidine rings is 1. The third kappa shape index (κ3) is 3.04. The summed E-state index contributed by atoms with van der Waals surface area (Å²) in [7, 11) is 0. The van der Waals surface area contributed by atoms with Gasteiger partial charge in [-0.05, 0) is 25.0 Å². The molecule has 2 aromatic rings. The summed E-state index contributed by atoms with van der Waals surface area (Å²) in [5.74, 6) is 0.228. The van der Waals surface area contributed by atoms with Crippen LogP contribution in [0.4, 0.5) is 0 Å². The average molecular weight is 325 g/mol. The van der Waals surface area contributed by atoms with E-state index in [0.717, 1.165) is 25.1 Å². The maximum Gasteiger partial charge on any atom is 0.255 e. The lowest BCUT2D eigenvalue weighted by Gasteiger charge is -2.32. The van der Waals surface area contributed by atoms with Crippen LogP contribution in [0, 0.1) is 0 Å². The number of hydrogen-bond donors (Lipinski definition) is 1. The van der Waals surface area contributed by atoms with Crippen molar-refractivity contribution in [1.29, 1.82) is 0 Å². The van der Waals surface area contributed by atoms with E-state index in [1.165, 1.54) is 6.20 Å². The molecule has 7 heteroatoms. The third-order valence-electron chi connectivity index (χ3n) is 3.71. The fourth-order valence-electron chi connectivity index (χ4n) is 2.63. The molecule has 5 nitrogen and oxygen atoms in total. The molecule has 0 aromatic carbocycles. The minimum absolute atomic E-state index is 0.0646. The van der Waals surface area contributed by atoms with Gasteiger partial charge < -0.3 is 4.90 Å². The number of aromatic nitrogens is 3. The molecule has 1 aliphatic rings. The first kappa shape index (κ1) is 14.4. The first-order valence-corrected chi connectivity index (χ1v) is 7.50. The van der Waals surface area contributed by atoms with Crippen molar-refractivity contribution in [3.63, 3.8) is 0 Å². The number of carbonyl (C=O) groups excluding carboxylic acids is 1. The number of carbonyl (C=O) groups is 1. The van der Waals surface area contributed by atoms with E-state index in [-0.39, 0.29) is 11.1 Å². The zero-order valence-corrected chi connectivity index (χ0v) is 12.7. The summed E-state index contributed by atoms with van der Waals surface area (Å²) in [4.78, 5) is 18.3. The summed E-state index contributed by atoms with van der Waals surface area (Å²) < 4.78 is 0. The van der Waals surface area contributed by atoms with E-state index in [2.05, 4.69) is 15.2 Å². The van der Waals surface area contributed by atoms with Crippen molar-refractivity contribution in [3.05, 3.63) is 46.0 Å². The second-order valence-electron chi connectivity index (χ2n) is 5.10. The molecule has 1 amide bonds. The molecule has 1 N–H and O–H groups in total. The molecule has 0 radical (unpaired) electrons. The quantitative estimate of drug-likeness (QED) is 0.863.